The minimum atomic E-state index is -0.394. The van der Waals surface area contributed by atoms with Gasteiger partial charge in [0.2, 0.25) is 0 Å². The van der Waals surface area contributed by atoms with Crippen molar-refractivity contribution in [3.63, 3.8) is 0 Å². The average molecular weight is 260 g/mol. The molecule has 1 atom stereocenters. The first-order chi connectivity index (χ1) is 8.61. The molecular formula is C13H24O5. The SMILES string of the molecule is C=C(COCCOC(C)OC)C(=O)OCCCC. The molecular weight excluding hydrogens is 236 g/mol. The summed E-state index contributed by atoms with van der Waals surface area (Å²) in [6.45, 7) is 8.84. The molecule has 0 aromatic carbocycles. The highest BCUT2D eigenvalue weighted by atomic mass is 16.7. The van der Waals surface area contributed by atoms with Crippen LogP contribution in [0.15, 0.2) is 12.2 Å². The molecule has 0 N–H and O–H groups in total. The molecule has 0 heterocycles. The van der Waals surface area contributed by atoms with Gasteiger partial charge in [0.25, 0.3) is 0 Å². The maximum Gasteiger partial charge on any atom is 0.335 e. The van der Waals surface area contributed by atoms with Gasteiger partial charge in [-0.2, -0.15) is 0 Å². The number of carbonyl (C=O) groups is 1. The molecule has 0 spiro atoms. The van der Waals surface area contributed by atoms with Crippen molar-refractivity contribution in [1.82, 2.24) is 0 Å². The van der Waals surface area contributed by atoms with Crippen LogP contribution in [0.1, 0.15) is 26.7 Å². The number of esters is 1. The van der Waals surface area contributed by atoms with Gasteiger partial charge in [0.15, 0.2) is 6.29 Å². The summed E-state index contributed by atoms with van der Waals surface area (Å²) >= 11 is 0. The van der Waals surface area contributed by atoms with E-state index >= 15 is 0 Å². The molecule has 0 saturated carbocycles. The van der Waals surface area contributed by atoms with Crippen molar-refractivity contribution in [3.05, 3.63) is 12.2 Å². The topological polar surface area (TPSA) is 54.0 Å². The minimum Gasteiger partial charge on any atom is -0.462 e. The second-order valence-corrected chi connectivity index (χ2v) is 3.82. The highest BCUT2D eigenvalue weighted by Gasteiger charge is 2.08. The molecule has 0 aliphatic carbocycles. The smallest absolute Gasteiger partial charge is 0.335 e. The van der Waals surface area contributed by atoms with Gasteiger partial charge in [-0.3, -0.25) is 0 Å². The molecule has 5 heteroatoms. The van der Waals surface area contributed by atoms with Crippen molar-refractivity contribution >= 4 is 5.97 Å². The first kappa shape index (κ1) is 17.1. The van der Waals surface area contributed by atoms with Crippen molar-refractivity contribution in [2.45, 2.75) is 33.0 Å². The molecule has 0 aromatic rings. The van der Waals surface area contributed by atoms with Crippen LogP contribution < -0.4 is 0 Å². The molecule has 0 fully saturated rings. The number of carbonyl (C=O) groups excluding carboxylic acids is 1. The molecule has 0 aromatic heterocycles. The normalized spacial score (nSPS) is 12.2. The summed E-state index contributed by atoms with van der Waals surface area (Å²) in [4.78, 5) is 11.4. The number of hydrogen-bond acceptors (Lipinski definition) is 5. The van der Waals surface area contributed by atoms with Crippen LogP contribution in [-0.2, 0) is 23.7 Å². The van der Waals surface area contributed by atoms with Crippen LogP contribution in [-0.4, -0.2) is 45.8 Å². The van der Waals surface area contributed by atoms with Gasteiger partial charge in [0, 0.05) is 7.11 Å². The van der Waals surface area contributed by atoms with Crippen LogP contribution in [0.3, 0.4) is 0 Å². The number of methoxy groups -OCH3 is 1. The Balaban J connectivity index is 3.49. The van der Waals surface area contributed by atoms with E-state index in [4.69, 9.17) is 18.9 Å². The standard InChI is InChI=1S/C13H24O5/c1-5-6-7-18-13(14)11(2)10-16-8-9-17-12(3)15-4/h12H,2,5-10H2,1,3-4H3. The quantitative estimate of drug-likeness (QED) is 0.246. The maximum absolute atomic E-state index is 11.4. The predicted octanol–water partition coefficient (Wildman–Crippen LogP) is 1.91. The Morgan fingerprint density at radius 3 is 2.61 bits per heavy atom. The first-order valence-corrected chi connectivity index (χ1v) is 6.18. The molecule has 0 aliphatic rings. The second kappa shape index (κ2) is 11.2. The first-order valence-electron chi connectivity index (χ1n) is 6.18. The van der Waals surface area contributed by atoms with Gasteiger partial charge in [-0.1, -0.05) is 19.9 Å². The highest BCUT2D eigenvalue weighted by Crippen LogP contribution is 1.98. The molecule has 0 saturated heterocycles. The Hall–Kier alpha value is -0.910. The molecule has 1 unspecified atom stereocenters. The molecule has 18 heavy (non-hydrogen) atoms. The van der Waals surface area contributed by atoms with Gasteiger partial charge in [-0.15, -0.1) is 0 Å². The van der Waals surface area contributed by atoms with E-state index in [2.05, 4.69) is 6.58 Å². The van der Waals surface area contributed by atoms with Gasteiger partial charge in [-0.05, 0) is 13.3 Å². The lowest BCUT2D eigenvalue weighted by Crippen LogP contribution is -2.17. The summed E-state index contributed by atoms with van der Waals surface area (Å²) in [5.41, 5.74) is 0.325. The summed E-state index contributed by atoms with van der Waals surface area (Å²) in [7, 11) is 1.57. The maximum atomic E-state index is 11.4. The summed E-state index contributed by atoms with van der Waals surface area (Å²) in [6, 6.07) is 0. The third-order valence-corrected chi connectivity index (χ3v) is 2.21. The molecule has 5 nitrogen and oxygen atoms in total. The van der Waals surface area contributed by atoms with Crippen LogP contribution in [0, 0.1) is 0 Å². The lowest BCUT2D eigenvalue weighted by Gasteiger charge is -2.11. The Kier molecular flexibility index (Phi) is 10.6. The molecule has 0 aliphatic heterocycles. The van der Waals surface area contributed by atoms with E-state index in [1.807, 2.05) is 6.92 Å². The van der Waals surface area contributed by atoms with Crippen LogP contribution in [0.25, 0.3) is 0 Å². The van der Waals surface area contributed by atoms with Crippen molar-refractivity contribution in [1.29, 1.82) is 0 Å². The minimum absolute atomic E-state index is 0.162. The molecule has 0 radical (unpaired) electrons. The van der Waals surface area contributed by atoms with Gasteiger partial charge in [0.05, 0.1) is 32.0 Å². The Labute approximate surface area is 109 Å². The Bertz CT molecular complexity index is 240. The van der Waals surface area contributed by atoms with Crippen LogP contribution in [0.5, 0.6) is 0 Å². The number of ether oxygens (including phenoxy) is 4. The average Bonchev–Trinajstić information content (AvgIpc) is 2.37. The fraction of sp³-hybridized carbons (Fsp3) is 0.769. The van der Waals surface area contributed by atoms with Crippen LogP contribution in [0.2, 0.25) is 0 Å². The van der Waals surface area contributed by atoms with E-state index in [0.717, 1.165) is 12.8 Å². The fourth-order valence-electron chi connectivity index (χ4n) is 1.01. The summed E-state index contributed by atoms with van der Waals surface area (Å²) in [5, 5.41) is 0. The van der Waals surface area contributed by atoms with Crippen molar-refractivity contribution in [3.8, 4) is 0 Å². The summed E-state index contributed by atoms with van der Waals surface area (Å²) < 4.78 is 20.3. The summed E-state index contributed by atoms with van der Waals surface area (Å²) in [6.07, 6.45) is 1.60. The highest BCUT2D eigenvalue weighted by molar-refractivity contribution is 5.87. The van der Waals surface area contributed by atoms with Gasteiger partial charge in [-0.25, -0.2) is 4.79 Å². The zero-order valence-electron chi connectivity index (χ0n) is 11.6. The number of hydrogen-bond donors (Lipinski definition) is 0. The monoisotopic (exact) mass is 260 g/mol. The van der Waals surface area contributed by atoms with Crippen molar-refractivity contribution < 1.29 is 23.7 Å². The molecule has 0 rings (SSSR count). The van der Waals surface area contributed by atoms with Gasteiger partial charge in [0.1, 0.15) is 0 Å². The van der Waals surface area contributed by atoms with Gasteiger partial charge >= 0.3 is 5.97 Å². The lowest BCUT2D eigenvalue weighted by atomic mass is 10.3. The molecule has 0 amide bonds. The van der Waals surface area contributed by atoms with E-state index in [1.54, 1.807) is 14.0 Å². The number of unbranched alkanes of at least 4 members (excludes halogenated alkanes) is 1. The summed E-state index contributed by atoms with van der Waals surface area (Å²) in [5.74, 6) is -0.394. The third-order valence-electron chi connectivity index (χ3n) is 2.21. The zero-order chi connectivity index (χ0) is 13.8. The van der Waals surface area contributed by atoms with E-state index in [1.165, 1.54) is 0 Å². The van der Waals surface area contributed by atoms with Crippen molar-refractivity contribution in [2.75, 3.05) is 33.5 Å². The van der Waals surface area contributed by atoms with Crippen molar-refractivity contribution in [2.24, 2.45) is 0 Å². The lowest BCUT2D eigenvalue weighted by molar-refractivity contribution is -0.140. The number of rotatable bonds is 11. The third kappa shape index (κ3) is 9.15. The zero-order valence-corrected chi connectivity index (χ0v) is 11.6. The Morgan fingerprint density at radius 2 is 2.00 bits per heavy atom. The van der Waals surface area contributed by atoms with Gasteiger partial charge < -0.3 is 18.9 Å². The van der Waals surface area contributed by atoms with E-state index in [-0.39, 0.29) is 12.9 Å². The largest absolute Gasteiger partial charge is 0.462 e. The Morgan fingerprint density at radius 1 is 1.28 bits per heavy atom. The van der Waals surface area contributed by atoms with E-state index in [9.17, 15) is 4.79 Å². The fourth-order valence-corrected chi connectivity index (χ4v) is 1.01. The molecule has 0 bridgehead atoms. The predicted molar refractivity (Wildman–Crippen MR) is 68.2 cm³/mol. The second-order valence-electron chi connectivity index (χ2n) is 3.82. The van der Waals surface area contributed by atoms with E-state index in [0.29, 0.717) is 25.4 Å². The van der Waals surface area contributed by atoms with E-state index < -0.39 is 5.97 Å². The van der Waals surface area contributed by atoms with Crippen LogP contribution >= 0.6 is 0 Å². The van der Waals surface area contributed by atoms with Crippen LogP contribution in [0.4, 0.5) is 0 Å². The molecule has 106 valence electrons.